The first-order valence-corrected chi connectivity index (χ1v) is 8.48. The SMILES string of the molecule is O=C(CCCOc1ccccc1)NCCc1nnc(-c2cccnc2)o1. The molecule has 0 bridgehead atoms. The Hall–Kier alpha value is -3.22. The standard InChI is InChI=1S/C19H20N4O3/c24-17(9-5-13-25-16-7-2-1-3-8-16)21-12-10-18-22-23-19(26-18)15-6-4-11-20-14-15/h1-4,6-8,11,14H,5,9-10,12-13H2,(H,21,24). The maximum absolute atomic E-state index is 11.8. The Morgan fingerprint density at radius 1 is 1.12 bits per heavy atom. The van der Waals surface area contributed by atoms with E-state index in [2.05, 4.69) is 20.5 Å². The van der Waals surface area contributed by atoms with Gasteiger partial charge in [0.15, 0.2) is 0 Å². The number of carbonyl (C=O) groups is 1. The number of amides is 1. The van der Waals surface area contributed by atoms with Crippen LogP contribution in [0.3, 0.4) is 0 Å². The number of carbonyl (C=O) groups excluding carboxylic acids is 1. The molecule has 1 N–H and O–H groups in total. The third-order valence-corrected chi connectivity index (χ3v) is 3.60. The third kappa shape index (κ3) is 5.41. The second-order valence-corrected chi connectivity index (χ2v) is 5.61. The molecule has 0 saturated heterocycles. The van der Waals surface area contributed by atoms with E-state index in [0.29, 0.717) is 44.2 Å². The number of pyridine rings is 1. The van der Waals surface area contributed by atoms with Crippen LogP contribution in [0.4, 0.5) is 0 Å². The van der Waals surface area contributed by atoms with Crippen LogP contribution in [0.25, 0.3) is 11.5 Å². The number of aromatic nitrogens is 3. The van der Waals surface area contributed by atoms with E-state index in [-0.39, 0.29) is 5.91 Å². The Morgan fingerprint density at radius 3 is 2.81 bits per heavy atom. The van der Waals surface area contributed by atoms with Crippen LogP contribution < -0.4 is 10.1 Å². The topological polar surface area (TPSA) is 90.1 Å². The predicted octanol–water partition coefficient (Wildman–Crippen LogP) is 2.65. The van der Waals surface area contributed by atoms with Gasteiger partial charge in [-0.25, -0.2) is 0 Å². The minimum Gasteiger partial charge on any atom is -0.494 e. The van der Waals surface area contributed by atoms with Crippen molar-refractivity contribution in [3.8, 4) is 17.2 Å². The molecule has 2 aromatic heterocycles. The van der Waals surface area contributed by atoms with Gasteiger partial charge in [0.2, 0.25) is 17.7 Å². The fourth-order valence-electron chi connectivity index (χ4n) is 2.30. The molecule has 0 aliphatic heterocycles. The van der Waals surface area contributed by atoms with Crippen molar-refractivity contribution in [2.75, 3.05) is 13.2 Å². The molecule has 0 atom stereocenters. The van der Waals surface area contributed by atoms with Crippen LogP contribution in [0.2, 0.25) is 0 Å². The van der Waals surface area contributed by atoms with Gasteiger partial charge in [-0.15, -0.1) is 10.2 Å². The first-order valence-electron chi connectivity index (χ1n) is 8.48. The number of nitrogens with zero attached hydrogens (tertiary/aromatic N) is 3. The maximum Gasteiger partial charge on any atom is 0.249 e. The van der Waals surface area contributed by atoms with E-state index >= 15 is 0 Å². The van der Waals surface area contributed by atoms with Crippen LogP contribution >= 0.6 is 0 Å². The molecule has 0 saturated carbocycles. The van der Waals surface area contributed by atoms with Crippen LogP contribution in [0.1, 0.15) is 18.7 Å². The Bertz CT molecular complexity index is 806. The van der Waals surface area contributed by atoms with Gasteiger partial charge in [-0.1, -0.05) is 18.2 Å². The van der Waals surface area contributed by atoms with E-state index in [9.17, 15) is 4.79 Å². The monoisotopic (exact) mass is 352 g/mol. The molecule has 0 aliphatic carbocycles. The highest BCUT2D eigenvalue weighted by Gasteiger charge is 2.09. The molecule has 0 fully saturated rings. The van der Waals surface area contributed by atoms with Crippen molar-refractivity contribution in [2.45, 2.75) is 19.3 Å². The molecule has 0 unspecified atom stereocenters. The predicted molar refractivity (Wildman–Crippen MR) is 95.4 cm³/mol. The van der Waals surface area contributed by atoms with Gasteiger partial charge in [-0.3, -0.25) is 9.78 Å². The molecular weight excluding hydrogens is 332 g/mol. The normalized spacial score (nSPS) is 10.5. The highest BCUT2D eigenvalue weighted by molar-refractivity contribution is 5.75. The van der Waals surface area contributed by atoms with E-state index in [1.54, 1.807) is 18.5 Å². The van der Waals surface area contributed by atoms with Crippen LogP contribution in [-0.2, 0) is 11.2 Å². The molecule has 0 spiro atoms. The largest absolute Gasteiger partial charge is 0.494 e. The lowest BCUT2D eigenvalue weighted by molar-refractivity contribution is -0.121. The van der Waals surface area contributed by atoms with Crippen molar-refractivity contribution < 1.29 is 13.9 Å². The fraction of sp³-hybridized carbons (Fsp3) is 0.263. The number of para-hydroxylation sites is 1. The van der Waals surface area contributed by atoms with Gasteiger partial charge in [0, 0.05) is 31.8 Å². The second kappa shape index (κ2) is 9.31. The van der Waals surface area contributed by atoms with Crippen LogP contribution in [0, 0.1) is 0 Å². The fourth-order valence-corrected chi connectivity index (χ4v) is 2.30. The highest BCUT2D eigenvalue weighted by Crippen LogP contribution is 2.15. The molecule has 1 amide bonds. The van der Waals surface area contributed by atoms with Crippen LogP contribution in [0.5, 0.6) is 5.75 Å². The molecule has 3 rings (SSSR count). The van der Waals surface area contributed by atoms with E-state index < -0.39 is 0 Å². The Labute approximate surface area is 151 Å². The summed E-state index contributed by atoms with van der Waals surface area (Å²) in [5.74, 6) is 1.71. The van der Waals surface area contributed by atoms with Crippen molar-refractivity contribution in [1.29, 1.82) is 0 Å². The first kappa shape index (κ1) is 17.6. The highest BCUT2D eigenvalue weighted by atomic mass is 16.5. The lowest BCUT2D eigenvalue weighted by Gasteiger charge is -2.06. The Balaban J connectivity index is 1.32. The zero-order chi connectivity index (χ0) is 18.0. The minimum absolute atomic E-state index is 0.0198. The summed E-state index contributed by atoms with van der Waals surface area (Å²) in [7, 11) is 0. The van der Waals surface area contributed by atoms with E-state index in [1.807, 2.05) is 36.4 Å². The molecular formula is C19H20N4O3. The van der Waals surface area contributed by atoms with Crippen molar-refractivity contribution in [1.82, 2.24) is 20.5 Å². The maximum atomic E-state index is 11.8. The van der Waals surface area contributed by atoms with Gasteiger partial charge in [0.1, 0.15) is 5.75 Å². The molecule has 1 aromatic carbocycles. The summed E-state index contributed by atoms with van der Waals surface area (Å²) in [6, 6.07) is 13.2. The molecule has 26 heavy (non-hydrogen) atoms. The average Bonchev–Trinajstić information content (AvgIpc) is 3.16. The minimum atomic E-state index is -0.0198. The lowest BCUT2D eigenvalue weighted by Crippen LogP contribution is -2.25. The lowest BCUT2D eigenvalue weighted by atomic mass is 10.3. The molecule has 3 aromatic rings. The number of benzene rings is 1. The molecule has 2 heterocycles. The zero-order valence-electron chi connectivity index (χ0n) is 14.3. The number of ether oxygens (including phenoxy) is 1. The van der Waals surface area contributed by atoms with E-state index in [0.717, 1.165) is 11.3 Å². The summed E-state index contributed by atoms with van der Waals surface area (Å²) in [6.07, 6.45) is 4.90. The van der Waals surface area contributed by atoms with Gasteiger partial charge in [0.05, 0.1) is 12.2 Å². The molecule has 0 aliphatic rings. The second-order valence-electron chi connectivity index (χ2n) is 5.61. The summed E-state index contributed by atoms with van der Waals surface area (Å²) in [5.41, 5.74) is 0.772. The van der Waals surface area contributed by atoms with Gasteiger partial charge in [-0.2, -0.15) is 0 Å². The van der Waals surface area contributed by atoms with Gasteiger partial charge in [-0.05, 0) is 30.7 Å². The quantitative estimate of drug-likeness (QED) is 0.596. The summed E-state index contributed by atoms with van der Waals surface area (Å²) in [5, 5.41) is 10.8. The van der Waals surface area contributed by atoms with Gasteiger partial charge in [0.25, 0.3) is 0 Å². The van der Waals surface area contributed by atoms with Crippen molar-refractivity contribution in [3.63, 3.8) is 0 Å². The van der Waals surface area contributed by atoms with E-state index in [4.69, 9.17) is 9.15 Å². The third-order valence-electron chi connectivity index (χ3n) is 3.60. The van der Waals surface area contributed by atoms with Crippen LogP contribution in [-0.4, -0.2) is 34.2 Å². The van der Waals surface area contributed by atoms with Crippen molar-refractivity contribution >= 4 is 5.91 Å². The number of nitrogens with one attached hydrogen (secondary N) is 1. The summed E-state index contributed by atoms with van der Waals surface area (Å²) in [6.45, 7) is 0.961. The number of hydrogen-bond donors (Lipinski definition) is 1. The average molecular weight is 352 g/mol. The van der Waals surface area contributed by atoms with Crippen LogP contribution in [0.15, 0.2) is 59.3 Å². The smallest absolute Gasteiger partial charge is 0.249 e. The number of rotatable bonds is 9. The summed E-state index contributed by atoms with van der Waals surface area (Å²) in [4.78, 5) is 15.8. The Morgan fingerprint density at radius 2 is 2.00 bits per heavy atom. The molecule has 134 valence electrons. The molecule has 7 nitrogen and oxygen atoms in total. The van der Waals surface area contributed by atoms with Gasteiger partial charge < -0.3 is 14.5 Å². The molecule has 7 heteroatoms. The van der Waals surface area contributed by atoms with E-state index in [1.165, 1.54) is 0 Å². The Kier molecular flexibility index (Phi) is 6.30. The molecule has 0 radical (unpaired) electrons. The summed E-state index contributed by atoms with van der Waals surface area (Å²) >= 11 is 0. The summed E-state index contributed by atoms with van der Waals surface area (Å²) < 4.78 is 11.1. The van der Waals surface area contributed by atoms with Crippen molar-refractivity contribution in [2.24, 2.45) is 0 Å². The van der Waals surface area contributed by atoms with Gasteiger partial charge >= 0.3 is 0 Å². The van der Waals surface area contributed by atoms with Crippen molar-refractivity contribution in [3.05, 3.63) is 60.7 Å². The first-order chi connectivity index (χ1) is 12.8. The number of hydrogen-bond acceptors (Lipinski definition) is 6. The zero-order valence-corrected chi connectivity index (χ0v) is 14.3.